The summed E-state index contributed by atoms with van der Waals surface area (Å²) in [6.07, 6.45) is -10.5. The molecule has 0 aliphatic carbocycles. The predicted molar refractivity (Wildman–Crippen MR) is 89.5 cm³/mol. The molecular weight excluding hydrogens is 459 g/mol. The maximum absolute atomic E-state index is 13.4. The van der Waals surface area contributed by atoms with E-state index < -0.39 is 66.1 Å². The zero-order valence-corrected chi connectivity index (χ0v) is 14.9. The monoisotopic (exact) mass is 463 g/mol. The molecule has 0 unspecified atom stereocenters. The van der Waals surface area contributed by atoms with Crippen molar-refractivity contribution in [3.8, 4) is 0 Å². The molecule has 156 valence electrons. The van der Waals surface area contributed by atoms with Crippen LogP contribution in [-0.4, -0.2) is 9.85 Å². The van der Waals surface area contributed by atoms with Crippen LogP contribution < -0.4 is 5.32 Å². The molecule has 2 aromatic rings. The number of anilines is 2. The normalized spacial score (nSPS) is 12.0. The van der Waals surface area contributed by atoms with Gasteiger partial charge in [0.05, 0.1) is 37.7 Å². The molecular formula is C14H5Cl2F6N3O4. The van der Waals surface area contributed by atoms with Crippen molar-refractivity contribution in [1.29, 1.82) is 0 Å². The minimum Gasteiger partial charge on any atom is -0.348 e. The van der Waals surface area contributed by atoms with E-state index >= 15 is 0 Å². The molecule has 0 bridgehead atoms. The van der Waals surface area contributed by atoms with Crippen LogP contribution in [-0.2, 0) is 12.4 Å². The second kappa shape index (κ2) is 7.55. The number of hydrogen-bond acceptors (Lipinski definition) is 5. The van der Waals surface area contributed by atoms with Crippen molar-refractivity contribution >= 4 is 46.0 Å². The van der Waals surface area contributed by atoms with Crippen LogP contribution in [0, 0.1) is 20.2 Å². The van der Waals surface area contributed by atoms with Crippen LogP contribution in [0.15, 0.2) is 24.3 Å². The quantitative estimate of drug-likeness (QED) is 0.313. The van der Waals surface area contributed by atoms with Crippen LogP contribution in [0.5, 0.6) is 0 Å². The highest BCUT2D eigenvalue weighted by Gasteiger charge is 2.41. The summed E-state index contributed by atoms with van der Waals surface area (Å²) in [5.74, 6) is 0. The lowest BCUT2D eigenvalue weighted by molar-refractivity contribution is -0.394. The Morgan fingerprint density at radius 2 is 1.31 bits per heavy atom. The molecule has 0 saturated heterocycles. The Morgan fingerprint density at radius 3 is 1.76 bits per heavy atom. The number of rotatable bonds is 4. The van der Waals surface area contributed by atoms with Crippen molar-refractivity contribution in [3.05, 3.63) is 65.7 Å². The summed E-state index contributed by atoms with van der Waals surface area (Å²) in [6.45, 7) is 0. The number of halogens is 8. The molecule has 0 aliphatic rings. The van der Waals surface area contributed by atoms with Crippen molar-refractivity contribution in [2.75, 3.05) is 5.32 Å². The number of nitrogens with zero attached hydrogens (tertiary/aromatic N) is 2. The van der Waals surface area contributed by atoms with Crippen molar-refractivity contribution in [3.63, 3.8) is 0 Å². The fourth-order valence-electron chi connectivity index (χ4n) is 2.27. The number of hydrogen-bond donors (Lipinski definition) is 1. The van der Waals surface area contributed by atoms with Gasteiger partial charge in [0, 0.05) is 11.1 Å². The largest absolute Gasteiger partial charge is 0.418 e. The first-order valence-corrected chi connectivity index (χ1v) is 7.75. The molecule has 0 atom stereocenters. The Kier molecular flexibility index (Phi) is 5.86. The molecule has 1 N–H and O–H groups in total. The summed E-state index contributed by atoms with van der Waals surface area (Å²) < 4.78 is 79.9. The van der Waals surface area contributed by atoms with Crippen molar-refractivity contribution < 1.29 is 36.2 Å². The molecule has 0 heterocycles. The van der Waals surface area contributed by atoms with E-state index in [1.165, 1.54) is 0 Å². The smallest absolute Gasteiger partial charge is 0.348 e. The maximum Gasteiger partial charge on any atom is 0.418 e. The molecule has 0 amide bonds. The zero-order chi connectivity index (χ0) is 22.3. The average molecular weight is 464 g/mol. The van der Waals surface area contributed by atoms with Gasteiger partial charge in [0.1, 0.15) is 5.69 Å². The van der Waals surface area contributed by atoms with Crippen LogP contribution in [0.2, 0.25) is 10.0 Å². The van der Waals surface area contributed by atoms with E-state index in [1.54, 1.807) is 5.32 Å². The first-order valence-electron chi connectivity index (χ1n) is 7.00. The molecule has 2 aromatic carbocycles. The van der Waals surface area contributed by atoms with Gasteiger partial charge in [-0.05, 0) is 12.1 Å². The van der Waals surface area contributed by atoms with E-state index in [4.69, 9.17) is 23.2 Å². The number of nitro groups is 2. The second-order valence-corrected chi connectivity index (χ2v) is 6.18. The summed E-state index contributed by atoms with van der Waals surface area (Å²) in [7, 11) is 0. The van der Waals surface area contributed by atoms with Crippen molar-refractivity contribution in [2.45, 2.75) is 12.4 Å². The molecule has 0 radical (unpaired) electrons. The molecule has 0 aromatic heterocycles. The standard InChI is InChI=1S/C14H5Cl2F6N3O4/c15-5-1-7(13(17,18)19)11(9(16)2-5)23-12-8(14(20,21)22)3-6(24(26)27)4-10(12)25(28)29/h1-4,23H. The van der Waals surface area contributed by atoms with Gasteiger partial charge in [-0.15, -0.1) is 0 Å². The van der Waals surface area contributed by atoms with Gasteiger partial charge in [-0.25, -0.2) is 0 Å². The van der Waals surface area contributed by atoms with Gasteiger partial charge < -0.3 is 5.32 Å². The molecule has 15 heteroatoms. The van der Waals surface area contributed by atoms with Gasteiger partial charge in [0.2, 0.25) is 0 Å². The van der Waals surface area contributed by atoms with Crippen molar-refractivity contribution in [2.24, 2.45) is 0 Å². The lowest BCUT2D eigenvalue weighted by atomic mass is 10.1. The average Bonchev–Trinajstić information content (AvgIpc) is 2.54. The highest BCUT2D eigenvalue weighted by atomic mass is 35.5. The molecule has 0 saturated carbocycles. The van der Waals surface area contributed by atoms with Crippen LogP contribution in [0.1, 0.15) is 11.1 Å². The van der Waals surface area contributed by atoms with E-state index in [-0.39, 0.29) is 12.1 Å². The SMILES string of the molecule is O=[N+]([O-])c1cc([N+](=O)[O-])c(Nc2c(Cl)cc(Cl)cc2C(F)(F)F)c(C(F)(F)F)c1. The second-order valence-electron chi connectivity index (χ2n) is 5.33. The van der Waals surface area contributed by atoms with Crippen LogP contribution in [0.3, 0.4) is 0 Å². The Labute approximate surface area is 166 Å². The van der Waals surface area contributed by atoms with E-state index in [0.29, 0.717) is 6.07 Å². The predicted octanol–water partition coefficient (Wildman–Crippen LogP) is 6.59. The summed E-state index contributed by atoms with van der Waals surface area (Å²) in [5, 5.41) is 22.4. The Bertz CT molecular complexity index is 1010. The molecule has 29 heavy (non-hydrogen) atoms. The fourth-order valence-corrected chi connectivity index (χ4v) is 2.81. The van der Waals surface area contributed by atoms with Crippen LogP contribution in [0.4, 0.5) is 49.1 Å². The highest BCUT2D eigenvalue weighted by molar-refractivity contribution is 6.36. The highest BCUT2D eigenvalue weighted by Crippen LogP contribution is 2.47. The van der Waals surface area contributed by atoms with Gasteiger partial charge in [-0.1, -0.05) is 23.2 Å². The number of nitro benzene ring substituents is 2. The summed E-state index contributed by atoms with van der Waals surface area (Å²) in [6, 6.07) is 1.24. The van der Waals surface area contributed by atoms with Gasteiger partial charge >= 0.3 is 12.4 Å². The molecule has 0 fully saturated rings. The van der Waals surface area contributed by atoms with E-state index in [2.05, 4.69) is 0 Å². The van der Waals surface area contributed by atoms with E-state index in [1.807, 2.05) is 0 Å². The Morgan fingerprint density at radius 1 is 0.793 bits per heavy atom. The number of non-ortho nitro benzene ring substituents is 1. The van der Waals surface area contributed by atoms with Gasteiger partial charge in [-0.2, -0.15) is 26.3 Å². The van der Waals surface area contributed by atoms with Crippen LogP contribution >= 0.6 is 23.2 Å². The third-order valence-corrected chi connectivity index (χ3v) is 3.94. The Balaban J connectivity index is 2.86. The van der Waals surface area contributed by atoms with Gasteiger partial charge in [0.15, 0.2) is 0 Å². The zero-order valence-electron chi connectivity index (χ0n) is 13.4. The van der Waals surface area contributed by atoms with Crippen LogP contribution in [0.25, 0.3) is 0 Å². The summed E-state index contributed by atoms with van der Waals surface area (Å²) in [5.41, 5.74) is -8.90. The summed E-state index contributed by atoms with van der Waals surface area (Å²) in [4.78, 5) is 19.3. The van der Waals surface area contributed by atoms with E-state index in [9.17, 15) is 46.6 Å². The Hall–Kier alpha value is -2.80. The first-order chi connectivity index (χ1) is 13.1. The van der Waals surface area contributed by atoms with Crippen molar-refractivity contribution in [1.82, 2.24) is 0 Å². The number of benzene rings is 2. The minimum absolute atomic E-state index is 0.0492. The molecule has 7 nitrogen and oxygen atoms in total. The number of alkyl halides is 6. The first kappa shape index (κ1) is 22.5. The summed E-state index contributed by atoms with van der Waals surface area (Å²) >= 11 is 11.2. The lowest BCUT2D eigenvalue weighted by Gasteiger charge is -2.19. The fraction of sp³-hybridized carbons (Fsp3) is 0.143. The minimum atomic E-state index is -5.39. The number of nitrogens with one attached hydrogen (secondary N) is 1. The maximum atomic E-state index is 13.4. The molecule has 2 rings (SSSR count). The van der Waals surface area contributed by atoms with E-state index in [0.717, 1.165) is 6.07 Å². The lowest BCUT2D eigenvalue weighted by Crippen LogP contribution is -2.14. The van der Waals surface area contributed by atoms with Gasteiger partial charge in [-0.3, -0.25) is 20.2 Å². The molecule has 0 spiro atoms. The topological polar surface area (TPSA) is 98.3 Å². The van der Waals surface area contributed by atoms with Gasteiger partial charge in [0.25, 0.3) is 11.4 Å². The third-order valence-electron chi connectivity index (χ3n) is 3.43. The molecule has 0 aliphatic heterocycles. The third kappa shape index (κ3) is 4.79.